The van der Waals surface area contributed by atoms with Crippen LogP contribution in [0.5, 0.6) is 0 Å². The summed E-state index contributed by atoms with van der Waals surface area (Å²) in [7, 11) is 0. The van der Waals surface area contributed by atoms with Crippen molar-refractivity contribution in [2.24, 2.45) is 29.1 Å². The second-order valence-electron chi connectivity index (χ2n) is 14.2. The molecular formula is C35H52O13. The Kier molecular flexibility index (Phi) is 13.0. The first-order valence-corrected chi connectivity index (χ1v) is 16.2. The molecule has 1 fully saturated rings. The van der Waals surface area contributed by atoms with Gasteiger partial charge in [-0.15, -0.1) is 0 Å². The zero-order valence-corrected chi connectivity index (χ0v) is 29.9. The summed E-state index contributed by atoms with van der Waals surface area (Å²) >= 11 is 0. The molecule has 1 saturated carbocycles. The lowest BCUT2D eigenvalue weighted by Crippen LogP contribution is -2.58. The summed E-state index contributed by atoms with van der Waals surface area (Å²) in [6.07, 6.45) is -5.59. The number of hydrogen-bond acceptors (Lipinski definition) is 13. The molecule has 48 heavy (non-hydrogen) atoms. The van der Waals surface area contributed by atoms with E-state index in [1.165, 1.54) is 26.0 Å². The Labute approximate surface area is 282 Å². The molecule has 0 saturated heterocycles. The van der Waals surface area contributed by atoms with Crippen LogP contribution in [0.2, 0.25) is 0 Å². The van der Waals surface area contributed by atoms with Crippen LogP contribution in [0.4, 0.5) is 0 Å². The van der Waals surface area contributed by atoms with Crippen LogP contribution in [-0.4, -0.2) is 87.6 Å². The van der Waals surface area contributed by atoms with E-state index in [0.29, 0.717) is 6.42 Å². The van der Waals surface area contributed by atoms with Gasteiger partial charge in [0.25, 0.3) is 0 Å². The molecule has 270 valence electrons. The molecule has 0 aliphatic heterocycles. The number of ketones is 1. The highest BCUT2D eigenvalue weighted by molar-refractivity contribution is 5.92. The van der Waals surface area contributed by atoms with Gasteiger partial charge in [0.15, 0.2) is 24.1 Å². The minimum atomic E-state index is -2.51. The molecule has 2 aliphatic carbocycles. The topological polar surface area (TPSA) is 189 Å². The molecule has 0 unspecified atom stereocenters. The molecule has 0 bridgehead atoms. The number of Topliss-reactive ketones (excluding diaryl/α,β-unsaturated/α-hetero) is 1. The number of fused-ring (bicyclic) bond motifs is 1. The van der Waals surface area contributed by atoms with E-state index in [4.69, 9.17) is 23.7 Å². The van der Waals surface area contributed by atoms with Gasteiger partial charge in [0.2, 0.25) is 0 Å². The lowest BCUT2D eigenvalue weighted by Gasteiger charge is -2.43. The Bertz CT molecular complexity index is 1320. The van der Waals surface area contributed by atoms with Crippen molar-refractivity contribution in [3.63, 3.8) is 0 Å². The number of carbonyl (C=O) groups excluding carboxylic acids is 6. The van der Waals surface area contributed by atoms with Crippen molar-refractivity contribution in [3.8, 4) is 0 Å². The van der Waals surface area contributed by atoms with E-state index in [9.17, 15) is 39.0 Å². The predicted octanol–water partition coefficient (Wildman–Crippen LogP) is 3.17. The summed E-state index contributed by atoms with van der Waals surface area (Å²) in [4.78, 5) is 78.3. The molecule has 0 heterocycles. The molecule has 0 aromatic carbocycles. The summed E-state index contributed by atoms with van der Waals surface area (Å²) in [6.45, 7) is 19.9. The summed E-state index contributed by atoms with van der Waals surface area (Å²) in [5.74, 6) is -8.98. The van der Waals surface area contributed by atoms with E-state index in [-0.39, 0.29) is 5.57 Å². The molecule has 2 N–H and O–H groups in total. The van der Waals surface area contributed by atoms with E-state index >= 15 is 0 Å². The van der Waals surface area contributed by atoms with Gasteiger partial charge in [0.1, 0.15) is 23.4 Å². The van der Waals surface area contributed by atoms with E-state index in [0.717, 1.165) is 20.8 Å². The summed E-state index contributed by atoms with van der Waals surface area (Å²) < 4.78 is 28.8. The van der Waals surface area contributed by atoms with Gasteiger partial charge in [-0.2, -0.15) is 0 Å². The van der Waals surface area contributed by atoms with Crippen molar-refractivity contribution in [2.75, 3.05) is 0 Å². The van der Waals surface area contributed by atoms with Crippen LogP contribution < -0.4 is 0 Å². The van der Waals surface area contributed by atoms with E-state index in [2.05, 4.69) is 6.58 Å². The second-order valence-corrected chi connectivity index (χ2v) is 14.2. The van der Waals surface area contributed by atoms with Gasteiger partial charge in [-0.1, -0.05) is 67.2 Å². The number of allylic oxidation sites excluding steroid dienone is 1. The lowest BCUT2D eigenvalue weighted by atomic mass is 9.72. The Morgan fingerprint density at radius 1 is 0.917 bits per heavy atom. The molecule has 0 amide bonds. The number of aliphatic hydroxyl groups excluding tert-OH is 1. The van der Waals surface area contributed by atoms with Crippen LogP contribution in [0.25, 0.3) is 0 Å². The quantitative estimate of drug-likeness (QED) is 0.216. The van der Waals surface area contributed by atoms with Crippen molar-refractivity contribution >= 4 is 35.6 Å². The Balaban J connectivity index is 3.09. The van der Waals surface area contributed by atoms with Crippen LogP contribution in [0.15, 0.2) is 24.3 Å². The maximum Gasteiger partial charge on any atom is 0.309 e. The zero-order chi connectivity index (χ0) is 37.1. The van der Waals surface area contributed by atoms with Gasteiger partial charge in [0, 0.05) is 44.1 Å². The van der Waals surface area contributed by atoms with Crippen molar-refractivity contribution in [1.82, 2.24) is 0 Å². The van der Waals surface area contributed by atoms with Gasteiger partial charge < -0.3 is 33.9 Å². The molecule has 0 spiro atoms. The van der Waals surface area contributed by atoms with E-state index in [1.807, 2.05) is 0 Å². The molecule has 0 radical (unpaired) electrons. The maximum absolute atomic E-state index is 14.3. The van der Waals surface area contributed by atoms with Crippen LogP contribution in [-0.2, 0) is 52.5 Å². The fourth-order valence-electron chi connectivity index (χ4n) is 6.26. The molecular weight excluding hydrogens is 628 g/mol. The minimum absolute atomic E-state index is 0.298. The van der Waals surface area contributed by atoms with Crippen molar-refractivity contribution in [3.05, 3.63) is 24.3 Å². The highest BCUT2D eigenvalue weighted by Gasteiger charge is 2.68. The Morgan fingerprint density at radius 3 is 1.94 bits per heavy atom. The summed E-state index contributed by atoms with van der Waals surface area (Å²) in [6, 6.07) is 0. The normalized spacial score (nSPS) is 34.8. The van der Waals surface area contributed by atoms with Gasteiger partial charge in [-0.3, -0.25) is 28.8 Å². The highest BCUT2D eigenvalue weighted by atomic mass is 16.6. The first kappa shape index (κ1) is 40.6. The van der Waals surface area contributed by atoms with Crippen LogP contribution >= 0.6 is 0 Å². The lowest BCUT2D eigenvalue weighted by molar-refractivity contribution is -0.192. The largest absolute Gasteiger partial charge is 0.458 e. The molecule has 2 rings (SSSR count). The number of hydrogen-bond donors (Lipinski definition) is 2. The van der Waals surface area contributed by atoms with Gasteiger partial charge >= 0.3 is 29.8 Å². The van der Waals surface area contributed by atoms with Crippen molar-refractivity contribution in [1.29, 1.82) is 0 Å². The first-order chi connectivity index (χ1) is 21.9. The third-order valence-electron chi connectivity index (χ3n) is 9.13. The molecule has 0 aromatic heterocycles. The van der Waals surface area contributed by atoms with Crippen LogP contribution in [0, 0.1) is 29.1 Å². The number of aliphatic hydroxyl groups is 2. The number of carbonyl (C=O) groups is 6. The third-order valence-corrected chi connectivity index (χ3v) is 9.13. The zero-order valence-electron chi connectivity index (χ0n) is 29.9. The average molecular weight is 681 g/mol. The molecule has 0 aromatic rings. The fourth-order valence-corrected chi connectivity index (χ4v) is 6.26. The average Bonchev–Trinajstić information content (AvgIpc) is 3.17. The monoisotopic (exact) mass is 680 g/mol. The third kappa shape index (κ3) is 8.71. The standard InChI is InChI=1S/C35H52O13/c1-13-18(4)32(42)47-25-20(6)26(44-21(7)36)27(45-22(8)37)30(46-23(9)38)33(10,11)15-14-19(5)28(39)35(43)16-34(12,29(40)24(25)35)48-31(41)17(2)3/h14-15,17-19,24-27,29-30,40,43H,6,13,16H2,1-5,7-12H3/b15-14+/t18-,19-,24-,25-,26-,27+,29+,30+,34+,35+/m0/s1. The maximum atomic E-state index is 14.3. The van der Waals surface area contributed by atoms with Crippen LogP contribution in [0.3, 0.4) is 0 Å². The first-order valence-electron chi connectivity index (χ1n) is 16.2. The molecule has 2 aliphatic rings. The SMILES string of the molecule is C=C1[C@H](OC(C)=O)[C@@H](OC(C)=O)[C@@H](OC(C)=O)C(C)(C)/C=C/[C@H](C)C(=O)[C@@]2(O)C[C@@](C)(OC(=O)C(C)C)[C@H](O)[C@@H]2[C@H]1OC(=O)[C@@H](C)CC. The highest BCUT2D eigenvalue weighted by Crippen LogP contribution is 2.51. The van der Waals surface area contributed by atoms with Crippen molar-refractivity contribution in [2.45, 2.75) is 131 Å². The molecule has 13 nitrogen and oxygen atoms in total. The second kappa shape index (κ2) is 15.3. The summed E-state index contributed by atoms with van der Waals surface area (Å²) in [5, 5.41) is 24.4. The van der Waals surface area contributed by atoms with Gasteiger partial charge in [0.05, 0.1) is 17.8 Å². The van der Waals surface area contributed by atoms with Crippen molar-refractivity contribution < 1.29 is 62.7 Å². The van der Waals surface area contributed by atoms with E-state index < -0.39 is 113 Å². The Morgan fingerprint density at radius 2 is 1.46 bits per heavy atom. The number of esters is 5. The minimum Gasteiger partial charge on any atom is -0.458 e. The molecule has 13 heteroatoms. The number of ether oxygens (including phenoxy) is 5. The van der Waals surface area contributed by atoms with Gasteiger partial charge in [-0.25, -0.2) is 0 Å². The van der Waals surface area contributed by atoms with E-state index in [1.54, 1.807) is 41.5 Å². The fraction of sp³-hybridized carbons (Fsp3) is 0.714. The number of rotatable bonds is 8. The molecule has 10 atom stereocenters. The van der Waals surface area contributed by atoms with Gasteiger partial charge in [-0.05, 0) is 13.3 Å². The smallest absolute Gasteiger partial charge is 0.309 e. The predicted molar refractivity (Wildman–Crippen MR) is 171 cm³/mol. The van der Waals surface area contributed by atoms with Crippen LogP contribution in [0.1, 0.15) is 89.0 Å². The Hall–Kier alpha value is -3.58. The summed E-state index contributed by atoms with van der Waals surface area (Å²) in [5.41, 5.74) is -5.89.